The molecule has 4 aromatic rings. The van der Waals surface area contributed by atoms with Gasteiger partial charge in [0.05, 0.1) is 6.20 Å². The van der Waals surface area contributed by atoms with Crippen molar-refractivity contribution in [1.82, 2.24) is 14.4 Å². The van der Waals surface area contributed by atoms with Gasteiger partial charge in [-0.05, 0) is 72.4 Å². The normalized spacial score (nSPS) is 13.4. The molecule has 0 radical (unpaired) electrons. The van der Waals surface area contributed by atoms with Gasteiger partial charge in [-0.3, -0.25) is 4.40 Å². The first kappa shape index (κ1) is 25.9. The predicted octanol–water partition coefficient (Wildman–Crippen LogP) is 7.89. The Kier molecular flexibility index (Phi) is 7.74. The lowest BCUT2D eigenvalue weighted by atomic mass is 9.91. The number of benzene rings is 2. The molecule has 2 aromatic heterocycles. The summed E-state index contributed by atoms with van der Waals surface area (Å²) in [6.07, 6.45) is 12.8. The molecule has 0 saturated heterocycles. The molecule has 0 aliphatic heterocycles. The highest BCUT2D eigenvalue weighted by Crippen LogP contribution is 2.33. The number of nitrogens with one attached hydrogen (secondary N) is 1. The fourth-order valence-electron chi connectivity index (χ4n) is 5.76. The first-order valence-electron chi connectivity index (χ1n) is 13.9. The summed E-state index contributed by atoms with van der Waals surface area (Å²) in [5.74, 6) is 0.869. The average molecular weight is 510 g/mol. The van der Waals surface area contributed by atoms with Gasteiger partial charge in [-0.15, -0.1) is 0 Å². The average Bonchev–Trinajstić information content (AvgIpc) is 3.58. The third-order valence-corrected chi connectivity index (χ3v) is 7.97. The van der Waals surface area contributed by atoms with Crippen LogP contribution in [0.15, 0.2) is 42.7 Å². The molecule has 1 aliphatic carbocycles. The smallest absolute Gasteiger partial charge is 0.208 e. The molecule has 1 unspecified atom stereocenters. The molecule has 196 valence electrons. The molecule has 2 aromatic carbocycles. The molecule has 0 amide bonds. The van der Waals surface area contributed by atoms with Gasteiger partial charge in [0.1, 0.15) is 11.9 Å². The standard InChI is InChI=1S/C32H36FN5/c1-4-5-6-7-9-21(2)24-12-14-26(22(3)16-24)29-19-36-32(38-20-25(17-34)37-31(29)38)35-18-28-27-11-8-10-23(27)13-15-30(28)33/h12-16,19-21H,4-11,18H2,1-3H3,(H,35,36). The van der Waals surface area contributed by atoms with Gasteiger partial charge >= 0.3 is 0 Å². The van der Waals surface area contributed by atoms with Gasteiger partial charge in [0.2, 0.25) is 5.95 Å². The van der Waals surface area contributed by atoms with Gasteiger partial charge in [0.15, 0.2) is 11.3 Å². The van der Waals surface area contributed by atoms with Gasteiger partial charge in [-0.2, -0.15) is 5.26 Å². The van der Waals surface area contributed by atoms with E-state index in [9.17, 15) is 9.65 Å². The number of nitriles is 1. The minimum absolute atomic E-state index is 0.190. The number of aryl methyl sites for hydroxylation is 2. The fourth-order valence-corrected chi connectivity index (χ4v) is 5.76. The molecular weight excluding hydrogens is 473 g/mol. The third kappa shape index (κ3) is 5.15. The van der Waals surface area contributed by atoms with Crippen LogP contribution in [0, 0.1) is 24.1 Å². The summed E-state index contributed by atoms with van der Waals surface area (Å²) < 4.78 is 16.5. The van der Waals surface area contributed by atoms with E-state index in [1.54, 1.807) is 12.3 Å². The van der Waals surface area contributed by atoms with Crippen LogP contribution in [0.1, 0.15) is 91.8 Å². The Balaban J connectivity index is 1.43. The Bertz CT molecular complexity index is 1500. The molecule has 0 fully saturated rings. The lowest BCUT2D eigenvalue weighted by Gasteiger charge is -2.16. The summed E-state index contributed by atoms with van der Waals surface area (Å²) in [4.78, 5) is 9.31. The number of hydrogen-bond acceptors (Lipinski definition) is 4. The second kappa shape index (κ2) is 11.3. The zero-order chi connectivity index (χ0) is 26.6. The van der Waals surface area contributed by atoms with Gasteiger partial charge in [-0.25, -0.2) is 14.4 Å². The summed E-state index contributed by atoms with van der Waals surface area (Å²) >= 11 is 0. The highest BCUT2D eigenvalue weighted by Gasteiger charge is 2.20. The van der Waals surface area contributed by atoms with Gasteiger partial charge in [-0.1, -0.05) is 63.8 Å². The minimum atomic E-state index is -0.190. The van der Waals surface area contributed by atoms with Gasteiger partial charge < -0.3 is 5.32 Å². The Morgan fingerprint density at radius 3 is 2.79 bits per heavy atom. The minimum Gasteiger partial charge on any atom is -0.351 e. The predicted molar refractivity (Wildman–Crippen MR) is 151 cm³/mol. The number of nitrogens with zero attached hydrogens (tertiary/aromatic N) is 4. The van der Waals surface area contributed by atoms with Crippen LogP contribution in [-0.2, 0) is 19.4 Å². The maximum atomic E-state index is 14.7. The van der Waals surface area contributed by atoms with Crippen molar-refractivity contribution in [3.05, 3.63) is 82.1 Å². The summed E-state index contributed by atoms with van der Waals surface area (Å²) in [5, 5.41) is 12.9. The van der Waals surface area contributed by atoms with Crippen LogP contribution >= 0.6 is 0 Å². The van der Waals surface area contributed by atoms with Crippen molar-refractivity contribution < 1.29 is 4.39 Å². The van der Waals surface area contributed by atoms with Gasteiger partial charge in [0.25, 0.3) is 0 Å². The number of imidazole rings is 1. The maximum absolute atomic E-state index is 14.7. The maximum Gasteiger partial charge on any atom is 0.208 e. The summed E-state index contributed by atoms with van der Waals surface area (Å²) in [6, 6.07) is 12.3. The molecule has 1 N–H and O–H groups in total. The largest absolute Gasteiger partial charge is 0.351 e. The number of anilines is 1. The van der Waals surface area contributed by atoms with Crippen molar-refractivity contribution in [1.29, 1.82) is 5.26 Å². The third-order valence-electron chi connectivity index (χ3n) is 7.97. The molecule has 0 bridgehead atoms. The van der Waals surface area contributed by atoms with Crippen molar-refractivity contribution in [3.8, 4) is 17.2 Å². The SMILES string of the molecule is CCCCCCC(C)c1ccc(-c2cnc(NCc3c(F)ccc4c3CCC4)n3cc(C#N)nc23)c(C)c1. The van der Waals surface area contributed by atoms with E-state index < -0.39 is 0 Å². The van der Waals surface area contributed by atoms with E-state index in [-0.39, 0.29) is 5.82 Å². The van der Waals surface area contributed by atoms with E-state index in [0.717, 1.165) is 41.5 Å². The van der Waals surface area contributed by atoms with E-state index in [4.69, 9.17) is 4.98 Å². The van der Waals surface area contributed by atoms with Crippen LogP contribution in [0.4, 0.5) is 10.3 Å². The summed E-state index contributed by atoms with van der Waals surface area (Å²) in [5.41, 5.74) is 8.49. The van der Waals surface area contributed by atoms with Crippen molar-refractivity contribution in [2.75, 3.05) is 5.32 Å². The first-order valence-corrected chi connectivity index (χ1v) is 13.9. The second-order valence-electron chi connectivity index (χ2n) is 10.6. The van der Waals surface area contributed by atoms with Crippen LogP contribution in [0.2, 0.25) is 0 Å². The van der Waals surface area contributed by atoms with Crippen LogP contribution in [0.3, 0.4) is 0 Å². The number of hydrogen-bond donors (Lipinski definition) is 1. The Labute approximate surface area is 224 Å². The Morgan fingerprint density at radius 2 is 2.00 bits per heavy atom. The van der Waals surface area contributed by atoms with Crippen molar-refractivity contribution in [2.24, 2.45) is 0 Å². The monoisotopic (exact) mass is 509 g/mol. The molecule has 38 heavy (non-hydrogen) atoms. The molecule has 6 heteroatoms. The van der Waals surface area contributed by atoms with E-state index in [2.05, 4.69) is 55.3 Å². The Hall–Kier alpha value is -3.72. The van der Waals surface area contributed by atoms with E-state index in [1.165, 1.54) is 43.2 Å². The van der Waals surface area contributed by atoms with Crippen molar-refractivity contribution in [3.63, 3.8) is 0 Å². The van der Waals surface area contributed by atoms with Crippen LogP contribution in [0.5, 0.6) is 0 Å². The number of unbranched alkanes of at least 4 members (excludes halogenated alkanes) is 3. The van der Waals surface area contributed by atoms with E-state index in [0.29, 0.717) is 35.3 Å². The van der Waals surface area contributed by atoms with Crippen molar-refractivity contribution in [2.45, 2.75) is 84.6 Å². The first-order chi connectivity index (χ1) is 18.5. The molecule has 1 atom stereocenters. The fraction of sp³-hybridized carbons (Fsp3) is 0.406. The number of aromatic nitrogens is 3. The second-order valence-corrected chi connectivity index (χ2v) is 10.6. The number of rotatable bonds is 10. The lowest BCUT2D eigenvalue weighted by molar-refractivity contribution is 0.580. The topological polar surface area (TPSA) is 66.0 Å². The molecule has 1 aliphatic rings. The van der Waals surface area contributed by atoms with Crippen molar-refractivity contribution >= 4 is 11.6 Å². The molecule has 0 saturated carbocycles. The zero-order valence-electron chi connectivity index (χ0n) is 22.6. The number of fused-ring (bicyclic) bond motifs is 2. The van der Waals surface area contributed by atoms with Crippen LogP contribution in [0.25, 0.3) is 16.8 Å². The molecule has 5 rings (SSSR count). The number of halogens is 1. The highest BCUT2D eigenvalue weighted by molar-refractivity contribution is 5.80. The molecule has 5 nitrogen and oxygen atoms in total. The van der Waals surface area contributed by atoms with Crippen LogP contribution < -0.4 is 5.32 Å². The molecule has 2 heterocycles. The lowest BCUT2D eigenvalue weighted by Crippen LogP contribution is -2.10. The highest BCUT2D eigenvalue weighted by atomic mass is 19.1. The van der Waals surface area contributed by atoms with Gasteiger partial charge in [0, 0.05) is 23.9 Å². The van der Waals surface area contributed by atoms with E-state index in [1.807, 2.05) is 16.7 Å². The Morgan fingerprint density at radius 1 is 1.13 bits per heavy atom. The summed E-state index contributed by atoms with van der Waals surface area (Å²) in [7, 11) is 0. The molecular formula is C32H36FN5. The molecule has 0 spiro atoms. The van der Waals surface area contributed by atoms with E-state index >= 15 is 0 Å². The quantitative estimate of drug-likeness (QED) is 0.221. The zero-order valence-corrected chi connectivity index (χ0v) is 22.6. The summed E-state index contributed by atoms with van der Waals surface area (Å²) in [6.45, 7) is 7.01. The van der Waals surface area contributed by atoms with Crippen LogP contribution in [-0.4, -0.2) is 14.4 Å².